The van der Waals surface area contributed by atoms with Gasteiger partial charge in [-0.05, 0) is 38.1 Å². The first-order chi connectivity index (χ1) is 11.3. The molecule has 1 aromatic heterocycles. The van der Waals surface area contributed by atoms with E-state index in [4.69, 9.17) is 4.74 Å². The largest absolute Gasteiger partial charge is 0.371 e. The second-order valence-corrected chi connectivity index (χ2v) is 6.25. The summed E-state index contributed by atoms with van der Waals surface area (Å²) in [6.07, 6.45) is 3.47. The van der Waals surface area contributed by atoms with Crippen LogP contribution in [0.4, 0.5) is 0 Å². The summed E-state index contributed by atoms with van der Waals surface area (Å²) in [6, 6.07) is 7.60. The number of benzene rings is 1. The summed E-state index contributed by atoms with van der Waals surface area (Å²) in [5, 5.41) is 3.35. The summed E-state index contributed by atoms with van der Waals surface area (Å²) in [6.45, 7) is 3.73. The van der Waals surface area contributed by atoms with Crippen molar-refractivity contribution in [2.45, 2.75) is 18.4 Å². The van der Waals surface area contributed by atoms with E-state index < -0.39 is 0 Å². The van der Waals surface area contributed by atoms with Gasteiger partial charge in [0.15, 0.2) is 0 Å². The van der Waals surface area contributed by atoms with E-state index >= 15 is 0 Å². The Labute approximate surface area is 134 Å². The number of nitrogens with zero attached hydrogens (tertiary/aromatic N) is 3. The molecule has 2 aromatic rings. The minimum atomic E-state index is -0.191. The van der Waals surface area contributed by atoms with Gasteiger partial charge in [-0.3, -0.25) is 9.78 Å². The normalized spacial score (nSPS) is 20.8. The lowest BCUT2D eigenvalue weighted by molar-refractivity contribution is -0.114. The molecule has 0 unspecified atom stereocenters. The quantitative estimate of drug-likeness (QED) is 0.858. The molecule has 3 heterocycles. The maximum atomic E-state index is 12.8. The molecule has 2 saturated heterocycles. The first-order valence-electron chi connectivity index (χ1n) is 8.12. The second kappa shape index (κ2) is 5.86. The smallest absolute Gasteiger partial charge is 0.274 e. The van der Waals surface area contributed by atoms with Crippen LogP contribution in [0, 0.1) is 0 Å². The van der Waals surface area contributed by atoms with Crippen molar-refractivity contribution >= 4 is 16.9 Å². The minimum Gasteiger partial charge on any atom is -0.371 e. The number of carbonyl (C=O) groups is 1. The van der Waals surface area contributed by atoms with Gasteiger partial charge in [-0.25, -0.2) is 4.98 Å². The molecule has 1 aromatic carbocycles. The Balaban J connectivity index is 1.57. The summed E-state index contributed by atoms with van der Waals surface area (Å²) in [7, 11) is 0. The molecule has 1 spiro atoms. The molecule has 6 nitrogen and oxygen atoms in total. The molecule has 2 aliphatic heterocycles. The fourth-order valence-electron chi connectivity index (χ4n) is 3.43. The lowest BCUT2D eigenvalue weighted by Crippen LogP contribution is -2.57. The highest BCUT2D eigenvalue weighted by Gasteiger charge is 2.39. The van der Waals surface area contributed by atoms with Crippen LogP contribution < -0.4 is 5.32 Å². The maximum Gasteiger partial charge on any atom is 0.274 e. The van der Waals surface area contributed by atoms with Crippen LogP contribution in [0.5, 0.6) is 0 Å². The molecular formula is C17H20N4O2. The Morgan fingerprint density at radius 3 is 2.83 bits per heavy atom. The third kappa shape index (κ3) is 2.80. The van der Waals surface area contributed by atoms with E-state index in [0.29, 0.717) is 25.4 Å². The van der Waals surface area contributed by atoms with E-state index in [2.05, 4.69) is 15.3 Å². The van der Waals surface area contributed by atoms with Crippen LogP contribution in [0.3, 0.4) is 0 Å². The molecule has 23 heavy (non-hydrogen) atoms. The van der Waals surface area contributed by atoms with Crippen molar-refractivity contribution in [3.05, 3.63) is 36.2 Å². The van der Waals surface area contributed by atoms with Gasteiger partial charge >= 0.3 is 0 Å². The van der Waals surface area contributed by atoms with Crippen molar-refractivity contribution in [1.82, 2.24) is 20.2 Å². The first kappa shape index (κ1) is 14.5. The van der Waals surface area contributed by atoms with Crippen molar-refractivity contribution in [3.8, 4) is 0 Å². The molecule has 0 atom stereocenters. The first-order valence-corrected chi connectivity index (χ1v) is 8.12. The number of nitrogens with one attached hydrogen (secondary N) is 1. The molecule has 120 valence electrons. The van der Waals surface area contributed by atoms with Gasteiger partial charge in [-0.15, -0.1) is 0 Å². The summed E-state index contributed by atoms with van der Waals surface area (Å²) in [5.41, 5.74) is 1.78. The third-order valence-electron chi connectivity index (χ3n) is 4.72. The highest BCUT2D eigenvalue weighted by Crippen LogP contribution is 2.28. The standard InChI is InChI=1S/C17H20N4O2/c22-16(15-11-19-13-3-1-2-4-14(13)20-15)21-9-10-23-17(12-21)5-7-18-8-6-17/h1-4,11,18H,5-10,12H2. The van der Waals surface area contributed by atoms with E-state index in [1.165, 1.54) is 0 Å². The molecule has 2 aliphatic rings. The van der Waals surface area contributed by atoms with E-state index in [-0.39, 0.29) is 11.5 Å². The highest BCUT2D eigenvalue weighted by atomic mass is 16.5. The summed E-state index contributed by atoms with van der Waals surface area (Å²) < 4.78 is 6.02. The summed E-state index contributed by atoms with van der Waals surface area (Å²) in [4.78, 5) is 23.5. The number of morpholine rings is 1. The molecule has 0 bridgehead atoms. The molecule has 2 fully saturated rings. The van der Waals surface area contributed by atoms with Gasteiger partial charge in [0, 0.05) is 6.54 Å². The number of para-hydroxylation sites is 2. The Kier molecular flexibility index (Phi) is 3.71. The van der Waals surface area contributed by atoms with Gasteiger partial charge in [-0.2, -0.15) is 0 Å². The van der Waals surface area contributed by atoms with Gasteiger partial charge in [0.2, 0.25) is 0 Å². The number of hydrogen-bond acceptors (Lipinski definition) is 5. The van der Waals surface area contributed by atoms with Crippen molar-refractivity contribution in [1.29, 1.82) is 0 Å². The van der Waals surface area contributed by atoms with E-state index in [0.717, 1.165) is 37.0 Å². The molecule has 0 radical (unpaired) electrons. The second-order valence-electron chi connectivity index (χ2n) is 6.25. The summed E-state index contributed by atoms with van der Waals surface area (Å²) in [5.74, 6) is -0.0514. The lowest BCUT2D eigenvalue weighted by Gasteiger charge is -2.45. The number of carbonyl (C=O) groups excluding carboxylic acids is 1. The average molecular weight is 312 g/mol. The molecule has 6 heteroatoms. The van der Waals surface area contributed by atoms with Crippen molar-refractivity contribution in [2.75, 3.05) is 32.8 Å². The topological polar surface area (TPSA) is 67.4 Å². The molecule has 0 aliphatic carbocycles. The highest BCUT2D eigenvalue weighted by molar-refractivity contribution is 5.93. The van der Waals surface area contributed by atoms with Crippen LogP contribution in [-0.4, -0.2) is 59.2 Å². The van der Waals surface area contributed by atoms with Crippen molar-refractivity contribution in [2.24, 2.45) is 0 Å². The number of rotatable bonds is 1. The number of aromatic nitrogens is 2. The Morgan fingerprint density at radius 2 is 2.00 bits per heavy atom. The number of amides is 1. The van der Waals surface area contributed by atoms with Crippen molar-refractivity contribution in [3.63, 3.8) is 0 Å². The van der Waals surface area contributed by atoms with Crippen LogP contribution >= 0.6 is 0 Å². The number of piperidine rings is 1. The molecule has 4 rings (SSSR count). The van der Waals surface area contributed by atoms with E-state index in [1.807, 2.05) is 29.2 Å². The zero-order valence-electron chi connectivity index (χ0n) is 13.0. The zero-order valence-corrected chi connectivity index (χ0v) is 13.0. The Morgan fingerprint density at radius 1 is 1.22 bits per heavy atom. The molecule has 0 saturated carbocycles. The number of hydrogen-bond donors (Lipinski definition) is 1. The van der Waals surface area contributed by atoms with Gasteiger partial charge in [0.1, 0.15) is 5.69 Å². The van der Waals surface area contributed by atoms with Crippen molar-refractivity contribution < 1.29 is 9.53 Å². The van der Waals surface area contributed by atoms with E-state index in [1.54, 1.807) is 6.20 Å². The monoisotopic (exact) mass is 312 g/mol. The molecular weight excluding hydrogens is 292 g/mol. The van der Waals surface area contributed by atoms with Gasteiger partial charge in [-0.1, -0.05) is 12.1 Å². The predicted octanol–water partition coefficient (Wildman–Crippen LogP) is 1.22. The molecule has 1 N–H and O–H groups in total. The van der Waals surface area contributed by atoms with Gasteiger partial charge < -0.3 is 15.0 Å². The Bertz CT molecular complexity index is 722. The Hall–Kier alpha value is -2.05. The maximum absolute atomic E-state index is 12.8. The van der Waals surface area contributed by atoms with Crippen LogP contribution in [0.25, 0.3) is 11.0 Å². The van der Waals surface area contributed by atoms with Crippen LogP contribution in [0.15, 0.2) is 30.5 Å². The van der Waals surface area contributed by atoms with Crippen LogP contribution in [0.1, 0.15) is 23.3 Å². The minimum absolute atomic E-state index is 0.0514. The third-order valence-corrected chi connectivity index (χ3v) is 4.72. The van der Waals surface area contributed by atoms with Gasteiger partial charge in [0.05, 0.1) is 36.0 Å². The predicted molar refractivity (Wildman–Crippen MR) is 86.2 cm³/mol. The summed E-state index contributed by atoms with van der Waals surface area (Å²) >= 11 is 0. The van der Waals surface area contributed by atoms with Gasteiger partial charge in [0.25, 0.3) is 5.91 Å². The fourth-order valence-corrected chi connectivity index (χ4v) is 3.43. The number of fused-ring (bicyclic) bond motifs is 1. The molecule has 1 amide bonds. The lowest BCUT2D eigenvalue weighted by atomic mass is 9.90. The fraction of sp³-hybridized carbons (Fsp3) is 0.471. The van der Waals surface area contributed by atoms with Crippen LogP contribution in [-0.2, 0) is 4.74 Å². The van der Waals surface area contributed by atoms with Crippen LogP contribution in [0.2, 0.25) is 0 Å². The zero-order chi connectivity index (χ0) is 15.7. The van der Waals surface area contributed by atoms with E-state index in [9.17, 15) is 4.79 Å². The SMILES string of the molecule is O=C(c1cnc2ccccc2n1)N1CCOC2(CCNCC2)C1. The average Bonchev–Trinajstić information content (AvgIpc) is 2.61. The number of ether oxygens (including phenoxy) is 1.